The van der Waals surface area contributed by atoms with Crippen LogP contribution >= 0.6 is 0 Å². The molecule has 0 amide bonds. The van der Waals surface area contributed by atoms with Crippen LogP contribution in [0.2, 0.25) is 0 Å². The van der Waals surface area contributed by atoms with E-state index in [1.165, 1.54) is 6.92 Å². The Morgan fingerprint density at radius 1 is 1.55 bits per heavy atom. The standard InChI is InChI=1S/C15H27NO4/c1-5-6-7-10-15(3)14(20-12(2)17)9-8-13(11-19-15)16-18-4/h8,14,16H,5-7,9-11H2,1-4H3. The number of hydrogen-bond donors (Lipinski definition) is 1. The number of carbonyl (C=O) groups excluding carboxylic acids is 1. The first-order chi connectivity index (χ1) is 9.51. The van der Waals surface area contributed by atoms with Crippen LogP contribution in [0.15, 0.2) is 11.8 Å². The van der Waals surface area contributed by atoms with E-state index in [0.29, 0.717) is 13.0 Å². The van der Waals surface area contributed by atoms with Crippen LogP contribution in [0.25, 0.3) is 0 Å². The Hall–Kier alpha value is -1.07. The van der Waals surface area contributed by atoms with Crippen LogP contribution in [-0.2, 0) is 19.1 Å². The van der Waals surface area contributed by atoms with E-state index in [4.69, 9.17) is 14.3 Å². The van der Waals surface area contributed by atoms with E-state index in [1.54, 1.807) is 7.11 Å². The Morgan fingerprint density at radius 2 is 2.30 bits per heavy atom. The molecule has 2 unspecified atom stereocenters. The Balaban J connectivity index is 2.75. The SMILES string of the molecule is CCCCCC1(C)OCC(NOC)=CCC1OC(C)=O. The van der Waals surface area contributed by atoms with E-state index in [2.05, 4.69) is 12.4 Å². The average molecular weight is 285 g/mol. The molecule has 0 aromatic rings. The summed E-state index contributed by atoms with van der Waals surface area (Å²) in [5.41, 5.74) is 3.21. The van der Waals surface area contributed by atoms with Crippen LogP contribution in [0.5, 0.6) is 0 Å². The van der Waals surface area contributed by atoms with Gasteiger partial charge in [0.1, 0.15) is 11.7 Å². The second-order valence-electron chi connectivity index (χ2n) is 5.43. The van der Waals surface area contributed by atoms with Gasteiger partial charge in [-0.05, 0) is 13.3 Å². The quantitative estimate of drug-likeness (QED) is 0.443. The van der Waals surface area contributed by atoms with Gasteiger partial charge in [-0.2, -0.15) is 0 Å². The normalized spacial score (nSPS) is 26.6. The van der Waals surface area contributed by atoms with E-state index >= 15 is 0 Å². The Bertz CT molecular complexity index is 343. The molecule has 5 nitrogen and oxygen atoms in total. The first-order valence-electron chi connectivity index (χ1n) is 7.31. The van der Waals surface area contributed by atoms with Crippen molar-refractivity contribution in [3.05, 3.63) is 11.8 Å². The zero-order valence-electron chi connectivity index (χ0n) is 13.0. The van der Waals surface area contributed by atoms with E-state index in [-0.39, 0.29) is 12.1 Å². The van der Waals surface area contributed by atoms with Crippen LogP contribution in [0.3, 0.4) is 0 Å². The molecule has 0 radical (unpaired) electrons. The minimum Gasteiger partial charge on any atom is -0.459 e. The van der Waals surface area contributed by atoms with Gasteiger partial charge in [0.15, 0.2) is 0 Å². The van der Waals surface area contributed by atoms with Crippen LogP contribution < -0.4 is 5.48 Å². The topological polar surface area (TPSA) is 56.8 Å². The molecule has 0 spiro atoms. The van der Waals surface area contributed by atoms with Gasteiger partial charge in [0.05, 0.1) is 19.4 Å². The second kappa shape index (κ2) is 8.27. The number of rotatable bonds is 7. The number of hydroxylamine groups is 1. The molecule has 1 aliphatic rings. The Kier molecular flexibility index (Phi) is 7.02. The maximum Gasteiger partial charge on any atom is 0.303 e. The average Bonchev–Trinajstić information content (AvgIpc) is 2.53. The number of nitrogens with one attached hydrogen (secondary N) is 1. The molecule has 1 aliphatic heterocycles. The molecule has 116 valence electrons. The van der Waals surface area contributed by atoms with Crippen molar-refractivity contribution in [1.29, 1.82) is 0 Å². The summed E-state index contributed by atoms with van der Waals surface area (Å²) in [5.74, 6) is -0.267. The zero-order chi connectivity index (χ0) is 15.0. The maximum atomic E-state index is 11.3. The van der Waals surface area contributed by atoms with Gasteiger partial charge in [-0.15, -0.1) is 0 Å². The van der Waals surface area contributed by atoms with Gasteiger partial charge in [0, 0.05) is 13.3 Å². The van der Waals surface area contributed by atoms with Gasteiger partial charge in [-0.3, -0.25) is 15.1 Å². The van der Waals surface area contributed by atoms with E-state index in [9.17, 15) is 4.79 Å². The van der Waals surface area contributed by atoms with Crippen LogP contribution in [0.4, 0.5) is 0 Å². The van der Waals surface area contributed by atoms with Crippen LogP contribution in [0.1, 0.15) is 52.9 Å². The molecular formula is C15H27NO4. The van der Waals surface area contributed by atoms with Crippen LogP contribution in [-0.4, -0.2) is 31.4 Å². The fourth-order valence-electron chi connectivity index (χ4n) is 2.43. The number of carbonyl (C=O) groups is 1. The lowest BCUT2D eigenvalue weighted by molar-refractivity contribution is -0.168. The number of hydrogen-bond acceptors (Lipinski definition) is 5. The molecule has 0 aliphatic carbocycles. The predicted molar refractivity (Wildman–Crippen MR) is 76.9 cm³/mol. The molecule has 0 aromatic carbocycles. The van der Waals surface area contributed by atoms with Gasteiger partial charge in [0.25, 0.3) is 0 Å². The van der Waals surface area contributed by atoms with Gasteiger partial charge < -0.3 is 9.47 Å². The number of unbranched alkanes of at least 4 members (excludes halogenated alkanes) is 2. The second-order valence-corrected chi connectivity index (χ2v) is 5.43. The highest BCUT2D eigenvalue weighted by atomic mass is 16.6. The lowest BCUT2D eigenvalue weighted by atomic mass is 9.90. The third kappa shape index (κ3) is 5.13. The summed E-state index contributed by atoms with van der Waals surface area (Å²) < 4.78 is 11.5. The van der Waals surface area contributed by atoms with Crippen molar-refractivity contribution in [1.82, 2.24) is 5.48 Å². The third-order valence-electron chi connectivity index (χ3n) is 3.63. The highest BCUT2D eigenvalue weighted by Gasteiger charge is 2.38. The molecule has 20 heavy (non-hydrogen) atoms. The van der Waals surface area contributed by atoms with Gasteiger partial charge in [-0.1, -0.05) is 32.3 Å². The Labute approximate surface area is 121 Å². The lowest BCUT2D eigenvalue weighted by Crippen LogP contribution is -2.44. The number of ether oxygens (including phenoxy) is 2. The van der Waals surface area contributed by atoms with Crippen molar-refractivity contribution in [2.75, 3.05) is 13.7 Å². The molecule has 5 heteroatoms. The van der Waals surface area contributed by atoms with Crippen LogP contribution in [0, 0.1) is 0 Å². The predicted octanol–water partition coefficient (Wildman–Crippen LogP) is 2.71. The summed E-state index contributed by atoms with van der Waals surface area (Å²) in [5, 5.41) is 0. The molecule has 0 saturated carbocycles. The molecule has 0 bridgehead atoms. The summed E-state index contributed by atoms with van der Waals surface area (Å²) >= 11 is 0. The van der Waals surface area contributed by atoms with Crippen molar-refractivity contribution in [2.45, 2.75) is 64.6 Å². The van der Waals surface area contributed by atoms with Crippen molar-refractivity contribution >= 4 is 5.97 Å². The minimum absolute atomic E-state index is 0.256. The zero-order valence-corrected chi connectivity index (χ0v) is 13.0. The fourth-order valence-corrected chi connectivity index (χ4v) is 2.43. The summed E-state index contributed by atoms with van der Waals surface area (Å²) in [7, 11) is 1.57. The van der Waals surface area contributed by atoms with Gasteiger partial charge >= 0.3 is 5.97 Å². The van der Waals surface area contributed by atoms with Gasteiger partial charge in [-0.25, -0.2) is 0 Å². The highest BCUT2D eigenvalue weighted by Crippen LogP contribution is 2.31. The summed E-state index contributed by atoms with van der Waals surface area (Å²) in [6.45, 7) is 6.07. The lowest BCUT2D eigenvalue weighted by Gasteiger charge is -2.35. The fraction of sp³-hybridized carbons (Fsp3) is 0.800. The maximum absolute atomic E-state index is 11.3. The third-order valence-corrected chi connectivity index (χ3v) is 3.63. The molecule has 0 aromatic heterocycles. The smallest absolute Gasteiger partial charge is 0.303 e. The summed E-state index contributed by atoms with van der Waals surface area (Å²) in [6, 6.07) is 0. The van der Waals surface area contributed by atoms with E-state index in [1.807, 2.05) is 13.0 Å². The monoisotopic (exact) mass is 285 g/mol. The molecule has 1 N–H and O–H groups in total. The van der Waals surface area contributed by atoms with E-state index in [0.717, 1.165) is 31.4 Å². The van der Waals surface area contributed by atoms with Crippen molar-refractivity contribution in [3.8, 4) is 0 Å². The molecular weight excluding hydrogens is 258 g/mol. The van der Waals surface area contributed by atoms with Crippen molar-refractivity contribution in [3.63, 3.8) is 0 Å². The molecule has 2 atom stereocenters. The molecule has 0 saturated heterocycles. The Morgan fingerprint density at radius 3 is 2.90 bits per heavy atom. The van der Waals surface area contributed by atoms with Crippen molar-refractivity contribution < 1.29 is 19.1 Å². The van der Waals surface area contributed by atoms with E-state index < -0.39 is 5.60 Å². The number of esters is 1. The first-order valence-corrected chi connectivity index (χ1v) is 7.31. The largest absolute Gasteiger partial charge is 0.459 e. The minimum atomic E-state index is -0.450. The van der Waals surface area contributed by atoms with Gasteiger partial charge in [0.2, 0.25) is 0 Å². The molecule has 1 rings (SSSR count). The summed E-state index contributed by atoms with van der Waals surface area (Å²) in [4.78, 5) is 16.2. The molecule has 0 fully saturated rings. The van der Waals surface area contributed by atoms with Crippen molar-refractivity contribution in [2.24, 2.45) is 0 Å². The highest BCUT2D eigenvalue weighted by molar-refractivity contribution is 5.66. The first kappa shape index (κ1) is 17.0. The molecule has 1 heterocycles. The summed E-state index contributed by atoms with van der Waals surface area (Å²) in [6.07, 6.45) is 6.61.